The average Bonchev–Trinajstić information content (AvgIpc) is 3.71. The molecule has 1 atom stereocenters. The number of rotatable bonds is 14. The number of thioether (sulfide) groups is 1. The van der Waals surface area contributed by atoms with Crippen LogP contribution in [0.15, 0.2) is 37.9 Å². The number of esters is 1. The molecule has 0 fully saturated rings. The number of nitrogens with zero attached hydrogens (tertiary/aromatic N) is 7. The number of carboxylic acid groups (broad SMARTS) is 2. The van der Waals surface area contributed by atoms with Crippen molar-refractivity contribution in [1.82, 2.24) is 39.2 Å². The molecule has 1 aliphatic rings. The predicted molar refractivity (Wildman–Crippen MR) is 240 cm³/mol. The zero-order valence-electron chi connectivity index (χ0n) is 35.8. The number of urea groups is 1. The lowest BCUT2D eigenvalue weighted by Gasteiger charge is -2.15. The third-order valence-corrected chi connectivity index (χ3v) is 11.9. The molecule has 0 aliphatic carbocycles. The molecule has 25 nitrogen and oxygen atoms in total. The van der Waals surface area contributed by atoms with E-state index in [1.807, 2.05) is 5.32 Å². The van der Waals surface area contributed by atoms with Crippen molar-refractivity contribution >= 4 is 110 Å². The van der Waals surface area contributed by atoms with Crippen LogP contribution in [-0.4, -0.2) is 135 Å². The summed E-state index contributed by atoms with van der Waals surface area (Å²) >= 11 is 13.8. The van der Waals surface area contributed by atoms with Crippen molar-refractivity contribution in [2.24, 2.45) is 12.0 Å². The molecule has 0 radical (unpaired) electrons. The number of benzene rings is 1. The highest BCUT2D eigenvalue weighted by Gasteiger charge is 2.32. The average molecular weight is 1070 g/mol. The lowest BCUT2D eigenvalue weighted by Crippen LogP contribution is -2.36. The molecule has 1 aliphatic heterocycles. The molecule has 0 spiro atoms. The Labute approximate surface area is 396 Å². The third kappa shape index (κ3) is 18.8. The molecule has 0 saturated carbocycles. The van der Waals surface area contributed by atoms with Crippen molar-refractivity contribution < 1.29 is 70.8 Å². The molecule has 66 heavy (non-hydrogen) atoms. The van der Waals surface area contributed by atoms with Gasteiger partial charge in [0.1, 0.15) is 24.7 Å². The van der Waals surface area contributed by atoms with Crippen molar-refractivity contribution in [1.29, 1.82) is 0 Å². The summed E-state index contributed by atoms with van der Waals surface area (Å²) in [6.07, 6.45) is 7.77. The van der Waals surface area contributed by atoms with E-state index < -0.39 is 75.9 Å². The molecule has 4 aromatic rings. The van der Waals surface area contributed by atoms with E-state index in [4.69, 9.17) is 47.8 Å². The van der Waals surface area contributed by atoms with Gasteiger partial charge in [-0.3, -0.25) is 34.4 Å². The lowest BCUT2D eigenvalue weighted by atomic mass is 10.3. The van der Waals surface area contributed by atoms with Crippen LogP contribution in [0.5, 0.6) is 11.8 Å². The Bertz CT molecular complexity index is 2630. The van der Waals surface area contributed by atoms with E-state index in [2.05, 4.69) is 48.9 Å². The number of nitrogens with one attached hydrogen (secondary N) is 3. The van der Waals surface area contributed by atoms with Gasteiger partial charge in [0.15, 0.2) is 10.2 Å². The fraction of sp³-hybridized carbons (Fsp3) is 0.424. The Balaban J connectivity index is 0.000000354. The molecule has 6 N–H and O–H groups in total. The maximum absolute atomic E-state index is 14.3. The largest absolute Gasteiger partial charge is 0.778 e. The van der Waals surface area contributed by atoms with E-state index in [9.17, 15) is 46.2 Å². The number of aryl methyl sites for hydroxylation is 1. The fourth-order valence-corrected chi connectivity index (χ4v) is 8.62. The molecule has 2 amide bonds. The number of carbonyl (C=O) groups excluding carboxylic acids is 2. The van der Waals surface area contributed by atoms with E-state index in [-0.39, 0.29) is 39.0 Å². The summed E-state index contributed by atoms with van der Waals surface area (Å²) in [6.45, 7) is 0.845. The van der Waals surface area contributed by atoms with Gasteiger partial charge >= 0.3 is 28.8 Å². The van der Waals surface area contributed by atoms with E-state index in [0.29, 0.717) is 38.4 Å². The third-order valence-electron chi connectivity index (χ3n) is 7.24. The van der Waals surface area contributed by atoms with E-state index in [0.717, 1.165) is 49.1 Å². The molecule has 366 valence electrons. The minimum Gasteiger partial charge on any atom is -0.778 e. The zero-order chi connectivity index (χ0) is 50.1. The molecule has 4 heterocycles. The first-order valence-corrected chi connectivity index (χ1v) is 26.2. The highest BCUT2D eigenvalue weighted by Crippen LogP contribution is 2.33. The number of amides is 2. The van der Waals surface area contributed by atoms with Crippen LogP contribution in [0.25, 0.3) is 0 Å². The van der Waals surface area contributed by atoms with Crippen LogP contribution in [0.2, 0.25) is 10.2 Å². The van der Waals surface area contributed by atoms with Crippen LogP contribution in [0, 0.1) is 5.82 Å². The van der Waals surface area contributed by atoms with Gasteiger partial charge in [0.2, 0.25) is 22.5 Å². The number of halogens is 3. The van der Waals surface area contributed by atoms with Gasteiger partial charge in [0.25, 0.3) is 10.0 Å². The molecular weight excluding hydrogens is 1030 g/mol. The number of fused-ring (bicyclic) bond motifs is 1. The van der Waals surface area contributed by atoms with Crippen molar-refractivity contribution in [2.45, 2.75) is 35.9 Å². The number of aromatic carboxylic acids is 1. The number of aliphatic carboxylic acids is 1. The molecule has 0 bridgehead atoms. The van der Waals surface area contributed by atoms with Crippen molar-refractivity contribution in [3.8, 4) is 11.8 Å². The SMILES string of the molecule is COC(=O)CSc1cc(/N=c2\sc(=O)n3n2CCCC3)c(F)cc1Cl.COc1cc(OC)nc(NC(=O)NS(=O)(=O)c2c(C(=O)O)c(Cl)nn2C)n1.C[S+](C)C.O=C(O)CNCP(=O)([O-])O. The molecule has 5 rings (SSSR count). The Morgan fingerprint density at radius 2 is 1.62 bits per heavy atom. The van der Waals surface area contributed by atoms with Gasteiger partial charge < -0.3 is 38.8 Å². The van der Waals surface area contributed by atoms with Gasteiger partial charge in [0.05, 0.1) is 69.8 Å². The van der Waals surface area contributed by atoms with Gasteiger partial charge in [-0.2, -0.15) is 23.5 Å². The number of ether oxygens (including phenoxy) is 3. The quantitative estimate of drug-likeness (QED) is 0.0451. The first-order valence-electron chi connectivity index (χ1n) is 18.0. The van der Waals surface area contributed by atoms with Crippen LogP contribution in [0.4, 0.5) is 20.8 Å². The number of hydrogen-bond acceptors (Lipinski definition) is 19. The standard InChI is InChI=1S/C15H15ClFN3O3S2.C12H13ClN6O7S.C3H8NO5P.C3H9S/c1-23-13(21)8-24-12-7-11(10(17)6-9(12)16)18-14-19-4-2-3-5-20(19)15(22)25-14;1-19-9(7(10(20)21)8(13)17-19)27(23,24)18-12(22)16-11-14-5(25-2)4-6(15-11)26-3;5-3(6)1-4-2-10(7,8)9;1-4(2)3/h6-7H,2-5,8H2,1H3;4H,1-3H3,(H,20,21)(H2,14,15,16,18,22);4H,1-2H2,(H,5,6)(H2,7,8,9);1-3H3/q;;;+1/p-1/b18-14-;;;. The smallest absolute Gasteiger partial charge is 0.341 e. The summed E-state index contributed by atoms with van der Waals surface area (Å²) in [5, 5.41) is 23.5. The molecule has 1 unspecified atom stereocenters. The van der Waals surface area contributed by atoms with Crippen LogP contribution < -0.4 is 39.4 Å². The zero-order valence-corrected chi connectivity index (χ0v) is 41.4. The first-order chi connectivity index (χ1) is 30.7. The highest BCUT2D eigenvalue weighted by atomic mass is 35.5. The van der Waals surface area contributed by atoms with Gasteiger partial charge in [-0.05, 0) is 47.2 Å². The Morgan fingerprint density at radius 3 is 2.14 bits per heavy atom. The number of hydrogen-bond donors (Lipinski definition) is 6. The molecule has 0 saturated heterocycles. The van der Waals surface area contributed by atoms with E-state index in [1.54, 1.807) is 14.1 Å². The lowest BCUT2D eigenvalue weighted by molar-refractivity contribution is -0.193. The second-order valence-corrected chi connectivity index (χ2v) is 21.2. The van der Waals surface area contributed by atoms with Crippen LogP contribution in [0.1, 0.15) is 23.2 Å². The van der Waals surface area contributed by atoms with Gasteiger partial charge in [-0.15, -0.1) is 11.8 Å². The topological polar surface area (TPSA) is 350 Å². The van der Waals surface area contributed by atoms with Crippen molar-refractivity contribution in [2.75, 3.05) is 64.0 Å². The Kier molecular flexibility index (Phi) is 23.1. The Hall–Kier alpha value is -4.78. The van der Waals surface area contributed by atoms with Crippen LogP contribution in [0.3, 0.4) is 0 Å². The van der Waals surface area contributed by atoms with E-state index >= 15 is 0 Å². The fourth-order valence-electron chi connectivity index (χ4n) is 4.67. The highest BCUT2D eigenvalue weighted by molar-refractivity contribution is 8.00. The summed E-state index contributed by atoms with van der Waals surface area (Å²) in [4.78, 5) is 87.1. The minimum absolute atomic E-state index is 0.0478. The second kappa shape index (κ2) is 26.5. The van der Waals surface area contributed by atoms with Gasteiger partial charge in [0, 0.05) is 25.0 Å². The number of sulfonamides is 1. The van der Waals surface area contributed by atoms with Crippen LogP contribution >= 0.6 is 53.9 Å². The van der Waals surface area contributed by atoms with Crippen molar-refractivity contribution in [3.05, 3.63) is 54.2 Å². The number of methoxy groups -OCH3 is 3. The summed E-state index contributed by atoms with van der Waals surface area (Å²) in [5.74, 6) is -3.95. The summed E-state index contributed by atoms with van der Waals surface area (Å²) in [5.41, 5.74) is -0.696. The number of anilines is 1. The summed E-state index contributed by atoms with van der Waals surface area (Å²) < 4.78 is 69.1. The normalized spacial score (nSPS) is 13.0. The summed E-state index contributed by atoms with van der Waals surface area (Å²) in [7, 11) is -3.27. The Morgan fingerprint density at radius 1 is 1.05 bits per heavy atom. The van der Waals surface area contributed by atoms with Crippen LogP contribution in [-0.2, 0) is 59.9 Å². The van der Waals surface area contributed by atoms with Gasteiger partial charge in [-0.1, -0.05) is 23.2 Å². The van der Waals surface area contributed by atoms with E-state index in [1.165, 1.54) is 33.5 Å². The minimum atomic E-state index is -4.64. The first kappa shape index (κ1) is 57.3. The predicted octanol–water partition coefficient (Wildman–Crippen LogP) is 1.54. The number of aromatic nitrogens is 6. The molecule has 3 aromatic heterocycles. The molecular formula is C33H44Cl2FN10O15PS4. The number of carbonyl (C=O) groups is 4. The second-order valence-electron chi connectivity index (χ2n) is 12.9. The number of carboxylic acids is 2. The molecule has 1 aromatic carbocycles. The monoisotopic (exact) mass is 1070 g/mol. The van der Waals surface area contributed by atoms with Crippen molar-refractivity contribution in [3.63, 3.8) is 0 Å². The maximum atomic E-state index is 14.3. The maximum Gasteiger partial charge on any atom is 0.341 e. The molecule has 33 heteroatoms. The summed E-state index contributed by atoms with van der Waals surface area (Å²) in [6, 6.07) is 2.71. The van der Waals surface area contributed by atoms with Gasteiger partial charge in [-0.25, -0.2) is 28.4 Å².